The van der Waals surface area contributed by atoms with E-state index in [0.717, 1.165) is 22.4 Å². The second-order valence-corrected chi connectivity index (χ2v) is 5.01. The molecule has 96 valence electrons. The molecule has 0 aliphatic rings. The van der Waals surface area contributed by atoms with E-state index in [9.17, 15) is 4.79 Å². The van der Waals surface area contributed by atoms with Crippen molar-refractivity contribution in [2.45, 2.75) is 13.0 Å². The van der Waals surface area contributed by atoms with Crippen LogP contribution < -0.4 is 0 Å². The Balaban J connectivity index is 2.14. The van der Waals surface area contributed by atoms with Crippen LogP contribution >= 0.6 is 11.3 Å². The first-order valence-corrected chi connectivity index (χ1v) is 6.89. The van der Waals surface area contributed by atoms with Gasteiger partial charge < -0.3 is 9.67 Å². The number of nitrogens with zero attached hydrogens (tertiary/aromatic N) is 2. The zero-order valence-corrected chi connectivity index (χ0v) is 10.9. The summed E-state index contributed by atoms with van der Waals surface area (Å²) < 4.78 is 1.98. The Morgan fingerprint density at radius 1 is 1.32 bits per heavy atom. The molecule has 0 aliphatic heterocycles. The van der Waals surface area contributed by atoms with Crippen molar-refractivity contribution in [3.63, 3.8) is 0 Å². The smallest absolute Gasteiger partial charge is 0.305 e. The molecule has 0 saturated heterocycles. The van der Waals surface area contributed by atoms with E-state index < -0.39 is 5.97 Å². The molecule has 0 bridgehead atoms. The second-order valence-electron chi connectivity index (χ2n) is 4.23. The molecule has 0 atom stereocenters. The Bertz CT molecular complexity index is 716. The van der Waals surface area contributed by atoms with Crippen molar-refractivity contribution in [2.75, 3.05) is 0 Å². The fourth-order valence-corrected chi connectivity index (χ4v) is 2.76. The Morgan fingerprint density at radius 2 is 2.16 bits per heavy atom. The van der Waals surface area contributed by atoms with Crippen LogP contribution in [-0.2, 0) is 11.3 Å². The summed E-state index contributed by atoms with van der Waals surface area (Å²) in [5, 5.41) is 12.9. The van der Waals surface area contributed by atoms with Crippen molar-refractivity contribution < 1.29 is 9.90 Å². The van der Waals surface area contributed by atoms with Gasteiger partial charge in [0.15, 0.2) is 0 Å². The number of carboxylic acids is 1. The lowest BCUT2D eigenvalue weighted by molar-refractivity contribution is -0.137. The fourth-order valence-electron chi connectivity index (χ4n) is 2.12. The van der Waals surface area contributed by atoms with Crippen molar-refractivity contribution >= 4 is 28.3 Å². The molecule has 0 spiro atoms. The predicted octanol–water partition coefficient (Wildman–Crippen LogP) is 3.24. The standard InChI is InChI=1S/C14H12N2O2S/c17-13(18)5-7-16-12-4-2-1-3-11(12)15-14(16)10-6-8-19-9-10/h1-4,6,8-9H,5,7H2,(H,17,18). The first-order valence-electron chi connectivity index (χ1n) is 5.95. The van der Waals surface area contributed by atoms with Crippen LogP contribution in [-0.4, -0.2) is 20.6 Å². The van der Waals surface area contributed by atoms with Gasteiger partial charge in [-0.15, -0.1) is 0 Å². The number of aromatic nitrogens is 2. The molecule has 3 rings (SSSR count). The van der Waals surface area contributed by atoms with Crippen LogP contribution in [0.15, 0.2) is 41.1 Å². The molecular formula is C14H12N2O2S. The van der Waals surface area contributed by atoms with E-state index in [0.29, 0.717) is 6.54 Å². The van der Waals surface area contributed by atoms with E-state index in [1.54, 1.807) is 11.3 Å². The molecule has 19 heavy (non-hydrogen) atoms. The van der Waals surface area contributed by atoms with Crippen LogP contribution in [0.4, 0.5) is 0 Å². The average molecular weight is 272 g/mol. The zero-order chi connectivity index (χ0) is 13.2. The number of imidazole rings is 1. The van der Waals surface area contributed by atoms with Gasteiger partial charge in [-0.2, -0.15) is 11.3 Å². The largest absolute Gasteiger partial charge is 0.481 e. The number of para-hydroxylation sites is 2. The number of carboxylic acid groups (broad SMARTS) is 1. The van der Waals surface area contributed by atoms with Gasteiger partial charge in [0.2, 0.25) is 0 Å². The summed E-state index contributed by atoms with van der Waals surface area (Å²) in [7, 11) is 0. The molecule has 1 N–H and O–H groups in total. The van der Waals surface area contributed by atoms with Gasteiger partial charge in [0.1, 0.15) is 5.82 Å². The highest BCUT2D eigenvalue weighted by molar-refractivity contribution is 7.08. The molecule has 0 amide bonds. The third-order valence-electron chi connectivity index (χ3n) is 2.98. The van der Waals surface area contributed by atoms with E-state index in [1.807, 2.05) is 45.7 Å². The van der Waals surface area contributed by atoms with Gasteiger partial charge >= 0.3 is 5.97 Å². The molecular weight excluding hydrogens is 260 g/mol. The predicted molar refractivity (Wildman–Crippen MR) is 75.3 cm³/mol. The minimum atomic E-state index is -0.797. The van der Waals surface area contributed by atoms with E-state index in [1.165, 1.54) is 0 Å². The van der Waals surface area contributed by atoms with Gasteiger partial charge in [-0.1, -0.05) is 12.1 Å². The number of hydrogen-bond donors (Lipinski definition) is 1. The molecule has 1 aromatic carbocycles. The van der Waals surface area contributed by atoms with E-state index in [2.05, 4.69) is 4.98 Å². The van der Waals surface area contributed by atoms with Crippen LogP contribution in [0.3, 0.4) is 0 Å². The molecule has 5 heteroatoms. The zero-order valence-electron chi connectivity index (χ0n) is 10.1. The van der Waals surface area contributed by atoms with Crippen molar-refractivity contribution in [1.82, 2.24) is 9.55 Å². The molecule has 0 aliphatic carbocycles. The molecule has 0 radical (unpaired) electrons. The molecule has 0 saturated carbocycles. The summed E-state index contributed by atoms with van der Waals surface area (Å²) in [5.41, 5.74) is 2.91. The maximum absolute atomic E-state index is 10.8. The van der Waals surface area contributed by atoms with Crippen LogP contribution in [0.25, 0.3) is 22.4 Å². The van der Waals surface area contributed by atoms with Gasteiger partial charge in [-0.25, -0.2) is 4.98 Å². The second kappa shape index (κ2) is 4.85. The highest BCUT2D eigenvalue weighted by atomic mass is 32.1. The summed E-state index contributed by atoms with van der Waals surface area (Å²) in [6.45, 7) is 0.432. The fraction of sp³-hybridized carbons (Fsp3) is 0.143. The number of rotatable bonds is 4. The van der Waals surface area contributed by atoms with E-state index in [-0.39, 0.29) is 6.42 Å². The monoisotopic (exact) mass is 272 g/mol. The lowest BCUT2D eigenvalue weighted by atomic mass is 10.3. The van der Waals surface area contributed by atoms with E-state index >= 15 is 0 Å². The summed E-state index contributed by atoms with van der Waals surface area (Å²) in [6.07, 6.45) is 0.0947. The van der Waals surface area contributed by atoms with Gasteiger partial charge in [-0.3, -0.25) is 4.79 Å². The van der Waals surface area contributed by atoms with Crippen LogP contribution in [0.5, 0.6) is 0 Å². The molecule has 3 aromatic rings. The molecule has 2 heterocycles. The normalized spacial score (nSPS) is 10.9. The van der Waals surface area contributed by atoms with Crippen molar-refractivity contribution in [3.05, 3.63) is 41.1 Å². The Hall–Kier alpha value is -2.14. The maximum Gasteiger partial charge on any atom is 0.305 e. The molecule has 4 nitrogen and oxygen atoms in total. The first-order chi connectivity index (χ1) is 9.25. The number of hydrogen-bond acceptors (Lipinski definition) is 3. The highest BCUT2D eigenvalue weighted by Crippen LogP contribution is 2.26. The number of carbonyl (C=O) groups is 1. The summed E-state index contributed by atoms with van der Waals surface area (Å²) in [4.78, 5) is 15.4. The summed E-state index contributed by atoms with van der Waals surface area (Å²) in [5.74, 6) is 0.0396. The lowest BCUT2D eigenvalue weighted by Crippen LogP contribution is -2.05. The summed E-state index contributed by atoms with van der Waals surface area (Å²) >= 11 is 1.61. The average Bonchev–Trinajstić information content (AvgIpc) is 3.03. The summed E-state index contributed by atoms with van der Waals surface area (Å²) in [6, 6.07) is 9.80. The van der Waals surface area contributed by atoms with Gasteiger partial charge in [0, 0.05) is 17.5 Å². The first kappa shape index (κ1) is 11.9. The van der Waals surface area contributed by atoms with Crippen LogP contribution in [0, 0.1) is 0 Å². The SMILES string of the molecule is O=C(O)CCn1c(-c2ccsc2)nc2ccccc21. The molecule has 0 unspecified atom stereocenters. The van der Waals surface area contributed by atoms with E-state index in [4.69, 9.17) is 5.11 Å². The van der Waals surface area contributed by atoms with Crippen molar-refractivity contribution in [2.24, 2.45) is 0 Å². The number of fused-ring (bicyclic) bond motifs is 1. The maximum atomic E-state index is 10.8. The Labute approximate surface area is 113 Å². The lowest BCUT2D eigenvalue weighted by Gasteiger charge is -2.06. The third-order valence-corrected chi connectivity index (χ3v) is 3.67. The molecule has 2 aromatic heterocycles. The topological polar surface area (TPSA) is 55.1 Å². The third kappa shape index (κ3) is 2.24. The highest BCUT2D eigenvalue weighted by Gasteiger charge is 2.13. The van der Waals surface area contributed by atoms with Gasteiger partial charge in [-0.05, 0) is 23.6 Å². The number of aliphatic carboxylic acids is 1. The minimum Gasteiger partial charge on any atom is -0.481 e. The quantitative estimate of drug-likeness (QED) is 0.793. The van der Waals surface area contributed by atoms with Crippen molar-refractivity contribution in [1.29, 1.82) is 0 Å². The van der Waals surface area contributed by atoms with Crippen molar-refractivity contribution in [3.8, 4) is 11.4 Å². The van der Waals surface area contributed by atoms with Gasteiger partial charge in [0.05, 0.1) is 17.5 Å². The number of benzene rings is 1. The Kier molecular flexibility index (Phi) is 3.05. The van der Waals surface area contributed by atoms with Gasteiger partial charge in [0.25, 0.3) is 0 Å². The Morgan fingerprint density at radius 3 is 2.89 bits per heavy atom. The van der Waals surface area contributed by atoms with Crippen LogP contribution in [0.2, 0.25) is 0 Å². The van der Waals surface area contributed by atoms with Crippen LogP contribution in [0.1, 0.15) is 6.42 Å². The number of thiophene rings is 1. The minimum absolute atomic E-state index is 0.0947. The number of aryl methyl sites for hydroxylation is 1. The molecule has 0 fully saturated rings.